The van der Waals surface area contributed by atoms with Gasteiger partial charge in [-0.25, -0.2) is 14.4 Å². The highest BCUT2D eigenvalue weighted by atomic mass is 35.5. The quantitative estimate of drug-likeness (QED) is 0.226. The predicted octanol–water partition coefficient (Wildman–Crippen LogP) is 7.26. The lowest BCUT2D eigenvalue weighted by Crippen LogP contribution is -2.37. The molecule has 4 heterocycles. The van der Waals surface area contributed by atoms with Crippen LogP contribution >= 0.6 is 22.9 Å². The molecule has 5 rings (SSSR count). The molecule has 4 aromatic rings. The third-order valence-electron chi connectivity index (χ3n) is 6.73. The number of allylic oxidation sites excluding steroid dienone is 1. The van der Waals surface area contributed by atoms with Gasteiger partial charge >= 0.3 is 0 Å². The van der Waals surface area contributed by atoms with E-state index in [0.29, 0.717) is 40.1 Å². The molecule has 10 heteroatoms. The smallest absolute Gasteiger partial charge is 0.266 e. The Labute approximate surface area is 246 Å². The van der Waals surface area contributed by atoms with Crippen LogP contribution in [-0.2, 0) is 0 Å². The van der Waals surface area contributed by atoms with Crippen LogP contribution in [0.4, 0.5) is 4.39 Å². The van der Waals surface area contributed by atoms with Gasteiger partial charge in [-0.1, -0.05) is 29.3 Å². The number of aromatic nitrogens is 3. The first-order valence-corrected chi connectivity index (χ1v) is 14.8. The number of carbonyl (C=O) groups is 1. The van der Waals surface area contributed by atoms with Gasteiger partial charge in [0, 0.05) is 35.1 Å². The first-order chi connectivity index (χ1) is 19.8. The number of ether oxygens (including phenoxy) is 1. The summed E-state index contributed by atoms with van der Waals surface area (Å²) in [5, 5.41) is 2.90. The van der Waals surface area contributed by atoms with Gasteiger partial charge in [0.2, 0.25) is 5.88 Å². The van der Waals surface area contributed by atoms with E-state index in [1.54, 1.807) is 31.2 Å². The van der Waals surface area contributed by atoms with Crippen molar-refractivity contribution in [2.45, 2.75) is 40.0 Å². The van der Waals surface area contributed by atoms with Gasteiger partial charge in [-0.3, -0.25) is 14.2 Å². The van der Waals surface area contributed by atoms with Crippen LogP contribution in [0.1, 0.15) is 56.1 Å². The van der Waals surface area contributed by atoms with Crippen molar-refractivity contribution in [3.05, 3.63) is 86.0 Å². The van der Waals surface area contributed by atoms with Crippen LogP contribution in [-0.4, -0.2) is 45.0 Å². The third-order valence-corrected chi connectivity index (χ3v) is 7.86. The Morgan fingerprint density at radius 1 is 1.15 bits per heavy atom. The third kappa shape index (κ3) is 6.11. The maximum atomic E-state index is 14.6. The van der Waals surface area contributed by atoms with Gasteiger partial charge < -0.3 is 9.64 Å². The van der Waals surface area contributed by atoms with E-state index in [1.165, 1.54) is 22.0 Å². The van der Waals surface area contributed by atoms with E-state index in [2.05, 4.69) is 4.98 Å². The molecule has 0 spiro atoms. The Kier molecular flexibility index (Phi) is 8.65. The Morgan fingerprint density at radius 2 is 1.88 bits per heavy atom. The largest absolute Gasteiger partial charge is 0.476 e. The molecule has 212 valence electrons. The number of nitrogens with zero attached hydrogens (tertiary/aromatic N) is 4. The number of piperidine rings is 1. The average Bonchev–Trinajstić information content (AvgIpc) is 3.45. The molecule has 1 saturated heterocycles. The standard InChI is InChI=1S/C31H30ClFN4O3S/c1-4-40-28-27(15-22(33)17-34-28)37-26(14-19(2)3)23(30(38)36-12-6-5-7-13-36)16-24(31(37)39)29-35-25(18-41-29)20-8-10-21(32)11-9-20/h8-11,14-18H,4-7,12-13H2,1-3H3. The molecule has 0 aliphatic carbocycles. The second-order valence-electron chi connectivity index (χ2n) is 10.0. The van der Waals surface area contributed by atoms with Crippen molar-refractivity contribution in [3.63, 3.8) is 0 Å². The van der Waals surface area contributed by atoms with Gasteiger partial charge in [0.1, 0.15) is 16.5 Å². The molecule has 1 aliphatic rings. The molecule has 1 aromatic carbocycles. The Balaban J connectivity index is 1.80. The van der Waals surface area contributed by atoms with E-state index in [-0.39, 0.29) is 29.6 Å². The number of hydrogen-bond donors (Lipinski definition) is 0. The van der Waals surface area contributed by atoms with Crippen LogP contribution in [0.3, 0.4) is 0 Å². The lowest BCUT2D eigenvalue weighted by atomic mass is 10.0. The molecule has 1 fully saturated rings. The number of likely N-dealkylation sites (tertiary alicyclic amines) is 1. The van der Waals surface area contributed by atoms with E-state index in [1.807, 2.05) is 36.3 Å². The van der Waals surface area contributed by atoms with E-state index >= 15 is 0 Å². The Morgan fingerprint density at radius 3 is 2.56 bits per heavy atom. The summed E-state index contributed by atoms with van der Waals surface area (Å²) in [6, 6.07) is 10.1. The van der Waals surface area contributed by atoms with Crippen molar-refractivity contribution >= 4 is 34.9 Å². The fourth-order valence-electron chi connectivity index (χ4n) is 4.85. The van der Waals surface area contributed by atoms with Crippen molar-refractivity contribution in [2.24, 2.45) is 0 Å². The van der Waals surface area contributed by atoms with Gasteiger partial charge in [0.15, 0.2) is 0 Å². The van der Waals surface area contributed by atoms with Crippen LogP contribution in [0.2, 0.25) is 5.02 Å². The van der Waals surface area contributed by atoms with Crippen molar-refractivity contribution in [2.75, 3.05) is 19.7 Å². The minimum absolute atomic E-state index is 0.0916. The number of thiazole rings is 1. The van der Waals surface area contributed by atoms with Crippen molar-refractivity contribution in [1.82, 2.24) is 19.4 Å². The number of rotatable bonds is 7. The predicted molar refractivity (Wildman–Crippen MR) is 162 cm³/mol. The number of carbonyl (C=O) groups excluding carboxylic acids is 1. The number of pyridine rings is 2. The van der Waals surface area contributed by atoms with E-state index in [0.717, 1.165) is 36.6 Å². The summed E-state index contributed by atoms with van der Waals surface area (Å²) in [6.07, 6.45) is 5.70. The molecule has 0 bridgehead atoms. The Bertz CT molecular complexity index is 1670. The Hall–Kier alpha value is -3.82. The molecular formula is C31H30ClFN4O3S. The molecule has 0 N–H and O–H groups in total. The van der Waals surface area contributed by atoms with Crippen molar-refractivity contribution < 1.29 is 13.9 Å². The van der Waals surface area contributed by atoms with Gasteiger partial charge in [0.05, 0.1) is 35.3 Å². The minimum atomic E-state index is -0.632. The fourth-order valence-corrected chi connectivity index (χ4v) is 5.81. The highest BCUT2D eigenvalue weighted by Gasteiger charge is 2.27. The molecule has 41 heavy (non-hydrogen) atoms. The monoisotopic (exact) mass is 592 g/mol. The van der Waals surface area contributed by atoms with E-state index in [9.17, 15) is 14.0 Å². The van der Waals surface area contributed by atoms with Crippen LogP contribution in [0.15, 0.2) is 58.3 Å². The summed E-state index contributed by atoms with van der Waals surface area (Å²) in [7, 11) is 0. The molecule has 1 amide bonds. The first kappa shape index (κ1) is 28.7. The maximum Gasteiger partial charge on any atom is 0.266 e. The van der Waals surface area contributed by atoms with Crippen molar-refractivity contribution in [3.8, 4) is 33.4 Å². The average molecular weight is 593 g/mol. The van der Waals surface area contributed by atoms with Crippen molar-refractivity contribution in [1.29, 1.82) is 0 Å². The summed E-state index contributed by atoms with van der Waals surface area (Å²) in [4.78, 5) is 39.1. The molecule has 0 unspecified atom stereocenters. The molecule has 0 saturated carbocycles. The SMILES string of the molecule is CCOc1ncc(F)cc1-n1c(C=C(C)C)c(C(=O)N2CCCCC2)cc(-c2nc(-c3ccc(Cl)cc3)cs2)c1=O. The van der Waals surface area contributed by atoms with Gasteiger partial charge in [-0.15, -0.1) is 11.3 Å². The minimum Gasteiger partial charge on any atom is -0.476 e. The zero-order chi connectivity index (χ0) is 29.1. The summed E-state index contributed by atoms with van der Waals surface area (Å²) in [5.41, 5.74) is 2.94. The normalized spacial score (nSPS) is 13.2. The lowest BCUT2D eigenvalue weighted by molar-refractivity contribution is 0.0723. The molecule has 3 aromatic heterocycles. The van der Waals surface area contributed by atoms with Crippen LogP contribution < -0.4 is 10.3 Å². The molecule has 0 radical (unpaired) electrons. The summed E-state index contributed by atoms with van der Waals surface area (Å²) >= 11 is 7.35. The zero-order valence-corrected chi connectivity index (χ0v) is 24.7. The zero-order valence-electron chi connectivity index (χ0n) is 23.1. The number of benzene rings is 1. The molecule has 1 aliphatic heterocycles. The van der Waals surface area contributed by atoms with E-state index < -0.39 is 11.4 Å². The highest BCUT2D eigenvalue weighted by Crippen LogP contribution is 2.32. The van der Waals surface area contributed by atoms with Crippen LogP contribution in [0, 0.1) is 5.82 Å². The van der Waals surface area contributed by atoms with Gasteiger partial charge in [-0.05, 0) is 64.3 Å². The summed E-state index contributed by atoms with van der Waals surface area (Å²) < 4.78 is 21.7. The second-order valence-corrected chi connectivity index (χ2v) is 11.3. The molecule has 7 nitrogen and oxygen atoms in total. The number of hydrogen-bond acceptors (Lipinski definition) is 6. The topological polar surface area (TPSA) is 77.3 Å². The van der Waals surface area contributed by atoms with E-state index in [4.69, 9.17) is 21.3 Å². The molecular weight excluding hydrogens is 563 g/mol. The first-order valence-electron chi connectivity index (χ1n) is 13.5. The summed E-state index contributed by atoms with van der Waals surface area (Å²) in [6.45, 7) is 7.06. The molecule has 0 atom stereocenters. The fraction of sp³-hybridized carbons (Fsp3) is 0.290. The lowest BCUT2D eigenvalue weighted by Gasteiger charge is -2.28. The second kappa shape index (κ2) is 12.4. The highest BCUT2D eigenvalue weighted by molar-refractivity contribution is 7.13. The van der Waals surface area contributed by atoms with Gasteiger partial charge in [0.25, 0.3) is 11.5 Å². The van der Waals surface area contributed by atoms with Crippen LogP contribution in [0.5, 0.6) is 5.88 Å². The maximum absolute atomic E-state index is 14.6. The van der Waals surface area contributed by atoms with Crippen LogP contribution in [0.25, 0.3) is 33.6 Å². The van der Waals surface area contributed by atoms with Gasteiger partial charge in [-0.2, -0.15) is 0 Å². The number of amides is 1. The number of halogens is 2. The summed E-state index contributed by atoms with van der Waals surface area (Å²) in [5.74, 6) is -0.731.